The van der Waals surface area contributed by atoms with Crippen molar-refractivity contribution < 1.29 is 4.74 Å². The van der Waals surface area contributed by atoms with Crippen LogP contribution in [0.15, 0.2) is 54.3 Å². The first-order valence-electron chi connectivity index (χ1n) is 8.81. The van der Waals surface area contributed by atoms with Gasteiger partial charge in [-0.1, -0.05) is 30.3 Å². The van der Waals surface area contributed by atoms with Crippen molar-refractivity contribution in [1.82, 2.24) is 14.9 Å². The van der Waals surface area contributed by atoms with Gasteiger partial charge in [-0.15, -0.1) is 11.3 Å². The molecule has 1 aromatic carbocycles. The summed E-state index contributed by atoms with van der Waals surface area (Å²) in [7, 11) is 0. The van der Waals surface area contributed by atoms with Gasteiger partial charge in [0.1, 0.15) is 0 Å². The molecule has 5 heteroatoms. The van der Waals surface area contributed by atoms with Gasteiger partial charge in [-0.25, -0.2) is 4.98 Å². The standard InChI is InChI=1S/C20H23N3OS/c1-2-4-16(5-3-1)17-10-20(25-14-17)12-23-8-6-19(7-9-23)24-13-18-11-21-15-22-18/h1-5,10-11,14-15,19H,6-9,12-13H2,(H,21,22). The molecule has 2 aromatic heterocycles. The van der Waals surface area contributed by atoms with E-state index in [-0.39, 0.29) is 0 Å². The summed E-state index contributed by atoms with van der Waals surface area (Å²) in [6.45, 7) is 3.89. The minimum absolute atomic E-state index is 0.364. The van der Waals surface area contributed by atoms with Crippen molar-refractivity contribution in [3.05, 3.63) is 64.9 Å². The maximum atomic E-state index is 5.99. The maximum Gasteiger partial charge on any atom is 0.0922 e. The quantitative estimate of drug-likeness (QED) is 0.717. The Labute approximate surface area is 152 Å². The molecular formula is C20H23N3OS. The molecule has 0 unspecified atom stereocenters. The summed E-state index contributed by atoms with van der Waals surface area (Å²) in [6, 6.07) is 12.9. The van der Waals surface area contributed by atoms with E-state index in [1.54, 1.807) is 6.33 Å². The SMILES string of the molecule is c1ccc(-c2csc(CN3CCC(OCc4cnc[nH]4)CC3)c2)cc1. The van der Waals surface area contributed by atoms with E-state index in [1.807, 2.05) is 17.5 Å². The summed E-state index contributed by atoms with van der Waals surface area (Å²) in [5.74, 6) is 0. The van der Waals surface area contributed by atoms with E-state index in [2.05, 4.69) is 56.6 Å². The van der Waals surface area contributed by atoms with E-state index in [4.69, 9.17) is 4.74 Å². The van der Waals surface area contributed by atoms with Crippen molar-refractivity contribution in [3.63, 3.8) is 0 Å². The first kappa shape index (κ1) is 16.5. The Hall–Kier alpha value is -1.95. The van der Waals surface area contributed by atoms with Gasteiger partial charge in [-0.2, -0.15) is 0 Å². The van der Waals surface area contributed by atoms with Crippen LogP contribution in [0.25, 0.3) is 11.1 Å². The number of hydrogen-bond donors (Lipinski definition) is 1. The monoisotopic (exact) mass is 353 g/mol. The number of H-pyrrole nitrogens is 1. The fourth-order valence-corrected chi connectivity index (χ4v) is 4.21. The van der Waals surface area contributed by atoms with Gasteiger partial charge in [0.05, 0.1) is 30.9 Å². The van der Waals surface area contributed by atoms with E-state index in [0.717, 1.165) is 38.2 Å². The number of piperidine rings is 1. The molecule has 4 nitrogen and oxygen atoms in total. The van der Waals surface area contributed by atoms with Gasteiger partial charge in [-0.05, 0) is 35.4 Å². The highest BCUT2D eigenvalue weighted by Crippen LogP contribution is 2.27. The summed E-state index contributed by atoms with van der Waals surface area (Å²) in [6.07, 6.45) is 6.10. The lowest BCUT2D eigenvalue weighted by atomic mass is 10.1. The summed E-state index contributed by atoms with van der Waals surface area (Å²) >= 11 is 1.86. The Morgan fingerprint density at radius 1 is 1.16 bits per heavy atom. The fraction of sp³-hybridized carbons (Fsp3) is 0.350. The Balaban J connectivity index is 1.25. The van der Waals surface area contributed by atoms with Crippen LogP contribution in [0.3, 0.4) is 0 Å². The van der Waals surface area contributed by atoms with Gasteiger partial charge in [0, 0.05) is 24.5 Å². The van der Waals surface area contributed by atoms with Crippen molar-refractivity contribution in [2.24, 2.45) is 0 Å². The van der Waals surface area contributed by atoms with Crippen molar-refractivity contribution >= 4 is 11.3 Å². The van der Waals surface area contributed by atoms with Crippen LogP contribution >= 0.6 is 11.3 Å². The lowest BCUT2D eigenvalue weighted by molar-refractivity contribution is -0.00493. The second-order valence-corrected chi connectivity index (χ2v) is 7.53. The second-order valence-electron chi connectivity index (χ2n) is 6.53. The van der Waals surface area contributed by atoms with Crippen LogP contribution in [0.1, 0.15) is 23.4 Å². The normalized spacial score (nSPS) is 16.3. The lowest BCUT2D eigenvalue weighted by Crippen LogP contribution is -2.36. The predicted molar refractivity (Wildman–Crippen MR) is 101 cm³/mol. The van der Waals surface area contributed by atoms with Gasteiger partial charge in [0.15, 0.2) is 0 Å². The molecule has 1 aliphatic rings. The van der Waals surface area contributed by atoms with E-state index < -0.39 is 0 Å². The fourth-order valence-electron chi connectivity index (χ4n) is 3.27. The van der Waals surface area contributed by atoms with Crippen molar-refractivity contribution in [2.45, 2.75) is 32.1 Å². The molecule has 1 saturated heterocycles. The molecule has 0 spiro atoms. The van der Waals surface area contributed by atoms with Crippen LogP contribution in [0.2, 0.25) is 0 Å². The Morgan fingerprint density at radius 2 is 2.00 bits per heavy atom. The van der Waals surface area contributed by atoms with Crippen LogP contribution in [0, 0.1) is 0 Å². The molecule has 25 heavy (non-hydrogen) atoms. The van der Waals surface area contributed by atoms with Crippen LogP contribution in [-0.4, -0.2) is 34.1 Å². The molecular weight excluding hydrogens is 330 g/mol. The predicted octanol–water partition coefficient (Wildman–Crippen LogP) is 4.32. The molecule has 130 valence electrons. The second kappa shape index (κ2) is 7.95. The summed E-state index contributed by atoms with van der Waals surface area (Å²) in [5, 5.41) is 2.27. The highest BCUT2D eigenvalue weighted by Gasteiger charge is 2.20. The van der Waals surface area contributed by atoms with Gasteiger partial charge in [0.2, 0.25) is 0 Å². The number of nitrogens with zero attached hydrogens (tertiary/aromatic N) is 2. The third-order valence-corrected chi connectivity index (χ3v) is 5.63. The van der Waals surface area contributed by atoms with Gasteiger partial charge >= 0.3 is 0 Å². The minimum Gasteiger partial charge on any atom is -0.372 e. The maximum absolute atomic E-state index is 5.99. The molecule has 1 N–H and O–H groups in total. The van der Waals surface area contributed by atoms with E-state index in [1.165, 1.54) is 16.0 Å². The summed E-state index contributed by atoms with van der Waals surface area (Å²) in [5.41, 5.74) is 3.68. The number of aromatic nitrogens is 2. The Morgan fingerprint density at radius 3 is 2.76 bits per heavy atom. The number of aromatic amines is 1. The summed E-state index contributed by atoms with van der Waals surface area (Å²) < 4.78 is 5.99. The average Bonchev–Trinajstić information content (AvgIpc) is 3.34. The number of benzene rings is 1. The van der Waals surface area contributed by atoms with Crippen LogP contribution < -0.4 is 0 Å². The zero-order valence-corrected chi connectivity index (χ0v) is 15.0. The molecule has 1 aliphatic heterocycles. The molecule has 0 atom stereocenters. The van der Waals surface area contributed by atoms with Gasteiger partial charge < -0.3 is 9.72 Å². The van der Waals surface area contributed by atoms with Crippen molar-refractivity contribution in [2.75, 3.05) is 13.1 Å². The molecule has 4 rings (SSSR count). The molecule has 0 amide bonds. The molecule has 0 bridgehead atoms. The molecule has 3 aromatic rings. The number of imidazole rings is 1. The molecule has 0 radical (unpaired) electrons. The number of hydrogen-bond acceptors (Lipinski definition) is 4. The van der Waals surface area contributed by atoms with Crippen LogP contribution in [-0.2, 0) is 17.9 Å². The largest absolute Gasteiger partial charge is 0.372 e. The third-order valence-electron chi connectivity index (χ3n) is 4.70. The van der Waals surface area contributed by atoms with Gasteiger partial charge in [0.25, 0.3) is 0 Å². The highest BCUT2D eigenvalue weighted by atomic mass is 32.1. The topological polar surface area (TPSA) is 41.1 Å². The zero-order valence-electron chi connectivity index (χ0n) is 14.2. The van der Waals surface area contributed by atoms with Crippen molar-refractivity contribution in [3.8, 4) is 11.1 Å². The molecule has 0 saturated carbocycles. The van der Waals surface area contributed by atoms with Crippen molar-refractivity contribution in [1.29, 1.82) is 0 Å². The Bertz CT molecular complexity index is 761. The smallest absolute Gasteiger partial charge is 0.0922 e. The first-order chi connectivity index (χ1) is 12.4. The number of thiophene rings is 1. The lowest BCUT2D eigenvalue weighted by Gasteiger charge is -2.31. The zero-order chi connectivity index (χ0) is 16.9. The highest BCUT2D eigenvalue weighted by molar-refractivity contribution is 7.10. The van der Waals surface area contributed by atoms with Gasteiger partial charge in [-0.3, -0.25) is 4.90 Å². The van der Waals surface area contributed by atoms with E-state index in [9.17, 15) is 0 Å². The third kappa shape index (κ3) is 4.37. The van der Waals surface area contributed by atoms with E-state index in [0.29, 0.717) is 12.7 Å². The van der Waals surface area contributed by atoms with Crippen LogP contribution in [0.5, 0.6) is 0 Å². The van der Waals surface area contributed by atoms with Crippen LogP contribution in [0.4, 0.5) is 0 Å². The molecule has 3 heterocycles. The van der Waals surface area contributed by atoms with E-state index >= 15 is 0 Å². The molecule has 1 fully saturated rings. The minimum atomic E-state index is 0.364. The number of nitrogens with one attached hydrogen (secondary N) is 1. The Kier molecular flexibility index (Phi) is 5.25. The average molecular weight is 353 g/mol. The number of likely N-dealkylation sites (tertiary alicyclic amines) is 1. The first-order valence-corrected chi connectivity index (χ1v) is 9.69. The number of rotatable bonds is 6. The summed E-state index contributed by atoms with van der Waals surface area (Å²) in [4.78, 5) is 11.1. The molecule has 0 aliphatic carbocycles. The number of ether oxygens (including phenoxy) is 1.